The second kappa shape index (κ2) is 9.90. The summed E-state index contributed by atoms with van der Waals surface area (Å²) in [5.41, 5.74) is 2.36. The summed E-state index contributed by atoms with van der Waals surface area (Å²) in [5.74, 6) is 1.65. The Morgan fingerprint density at radius 2 is 1.79 bits per heavy atom. The van der Waals surface area contributed by atoms with Gasteiger partial charge in [0.15, 0.2) is 5.82 Å². The zero-order valence-corrected chi connectivity index (χ0v) is 18.2. The van der Waals surface area contributed by atoms with E-state index >= 15 is 0 Å². The van der Waals surface area contributed by atoms with E-state index in [9.17, 15) is 9.18 Å². The van der Waals surface area contributed by atoms with Gasteiger partial charge in [-0.1, -0.05) is 6.07 Å². The molecule has 4 aromatic rings. The molecule has 0 fully saturated rings. The van der Waals surface area contributed by atoms with Crippen LogP contribution < -0.4 is 15.4 Å². The number of nitrogens with one attached hydrogen (secondary N) is 2. The number of ether oxygens (including phenoxy) is 1. The summed E-state index contributed by atoms with van der Waals surface area (Å²) in [7, 11) is 0. The van der Waals surface area contributed by atoms with E-state index in [2.05, 4.69) is 25.9 Å². The number of anilines is 1. The van der Waals surface area contributed by atoms with E-state index in [1.807, 2.05) is 32.0 Å². The van der Waals surface area contributed by atoms with Crippen LogP contribution in [0, 0.1) is 19.7 Å². The van der Waals surface area contributed by atoms with Crippen LogP contribution >= 0.6 is 0 Å². The van der Waals surface area contributed by atoms with E-state index in [1.54, 1.807) is 28.9 Å². The first kappa shape index (κ1) is 21.9. The maximum absolute atomic E-state index is 13.0. The molecule has 2 aromatic carbocycles. The Bertz CT molecular complexity index is 1240. The third kappa shape index (κ3) is 5.70. The maximum atomic E-state index is 13.0. The van der Waals surface area contributed by atoms with Gasteiger partial charge in [-0.05, 0) is 74.5 Å². The Hall–Kier alpha value is -4.27. The first-order valence-corrected chi connectivity index (χ1v) is 10.4. The third-order valence-electron chi connectivity index (χ3n) is 4.74. The molecule has 4 rings (SSSR count). The number of halogens is 1. The summed E-state index contributed by atoms with van der Waals surface area (Å²) in [4.78, 5) is 12.5. The van der Waals surface area contributed by atoms with Gasteiger partial charge in [0.25, 0.3) is 5.91 Å². The Morgan fingerprint density at radius 1 is 0.970 bits per heavy atom. The molecule has 33 heavy (non-hydrogen) atoms. The number of hydrogen-bond acceptors (Lipinski definition) is 6. The minimum Gasteiger partial charge on any atom is -0.457 e. The van der Waals surface area contributed by atoms with Crippen molar-refractivity contribution in [2.75, 3.05) is 18.4 Å². The third-order valence-corrected chi connectivity index (χ3v) is 4.74. The zero-order chi connectivity index (χ0) is 23.2. The molecule has 0 radical (unpaired) electrons. The molecule has 0 aliphatic rings. The molecule has 9 heteroatoms. The predicted molar refractivity (Wildman–Crippen MR) is 122 cm³/mol. The van der Waals surface area contributed by atoms with E-state index in [-0.39, 0.29) is 11.7 Å². The Balaban J connectivity index is 1.26. The molecule has 0 spiro atoms. The van der Waals surface area contributed by atoms with Gasteiger partial charge in [-0.3, -0.25) is 4.79 Å². The second-order valence-corrected chi connectivity index (χ2v) is 7.38. The fraction of sp³-hybridized carbons (Fsp3) is 0.167. The zero-order valence-electron chi connectivity index (χ0n) is 18.2. The maximum Gasteiger partial charge on any atom is 0.251 e. The largest absolute Gasteiger partial charge is 0.457 e. The monoisotopic (exact) mass is 446 g/mol. The first-order chi connectivity index (χ1) is 16.0. The van der Waals surface area contributed by atoms with Gasteiger partial charge >= 0.3 is 0 Å². The molecule has 0 saturated carbocycles. The summed E-state index contributed by atoms with van der Waals surface area (Å²) in [6, 6.07) is 18.1. The Labute approximate surface area is 190 Å². The lowest BCUT2D eigenvalue weighted by Crippen LogP contribution is -2.28. The van der Waals surface area contributed by atoms with Crippen molar-refractivity contribution in [1.29, 1.82) is 0 Å². The van der Waals surface area contributed by atoms with Crippen molar-refractivity contribution in [3.05, 3.63) is 89.5 Å². The normalized spacial score (nSPS) is 10.6. The van der Waals surface area contributed by atoms with Crippen molar-refractivity contribution in [3.8, 4) is 17.3 Å². The van der Waals surface area contributed by atoms with Crippen molar-refractivity contribution >= 4 is 11.7 Å². The predicted octanol–water partition coefficient (Wildman–Crippen LogP) is 4.05. The molecular weight excluding hydrogens is 423 g/mol. The minimum atomic E-state index is -0.339. The van der Waals surface area contributed by atoms with E-state index in [1.165, 1.54) is 24.3 Å². The smallest absolute Gasteiger partial charge is 0.251 e. The highest BCUT2D eigenvalue weighted by molar-refractivity contribution is 5.94. The van der Waals surface area contributed by atoms with Gasteiger partial charge in [-0.2, -0.15) is 5.10 Å². The number of carbonyl (C=O) groups excluding carboxylic acids is 1. The quantitative estimate of drug-likeness (QED) is 0.397. The van der Waals surface area contributed by atoms with Crippen LogP contribution in [0.1, 0.15) is 21.7 Å². The van der Waals surface area contributed by atoms with Gasteiger partial charge in [0, 0.05) is 24.3 Å². The van der Waals surface area contributed by atoms with Gasteiger partial charge in [0.1, 0.15) is 23.1 Å². The van der Waals surface area contributed by atoms with Crippen LogP contribution in [0.15, 0.2) is 66.7 Å². The van der Waals surface area contributed by atoms with Crippen LogP contribution in [-0.4, -0.2) is 39.0 Å². The van der Waals surface area contributed by atoms with Crippen molar-refractivity contribution < 1.29 is 13.9 Å². The fourth-order valence-electron chi connectivity index (χ4n) is 3.20. The molecule has 2 aromatic heterocycles. The number of nitrogens with zero attached hydrogens (tertiary/aromatic N) is 4. The molecule has 1 amide bonds. The molecule has 0 unspecified atom stereocenters. The molecule has 0 aliphatic carbocycles. The van der Waals surface area contributed by atoms with Crippen LogP contribution in [0.4, 0.5) is 10.2 Å². The number of aromatic nitrogens is 4. The second-order valence-electron chi connectivity index (χ2n) is 7.38. The average molecular weight is 446 g/mol. The van der Waals surface area contributed by atoms with E-state index in [0.29, 0.717) is 41.8 Å². The lowest BCUT2D eigenvalue weighted by atomic mass is 10.2. The standard InChI is InChI=1S/C24H23FN6O2/c1-16-14-17(2)31(30-16)23-11-10-22(28-29-23)26-12-13-27-24(32)18-4-3-5-21(15-18)33-20-8-6-19(25)7-9-20/h3-11,14-15H,12-13H2,1-2H3,(H,26,28)(H,27,32). The topological polar surface area (TPSA) is 94.0 Å². The first-order valence-electron chi connectivity index (χ1n) is 10.4. The van der Waals surface area contributed by atoms with Gasteiger partial charge in [0.05, 0.1) is 5.69 Å². The van der Waals surface area contributed by atoms with Crippen molar-refractivity contribution in [2.24, 2.45) is 0 Å². The Kier molecular flexibility index (Phi) is 6.58. The Morgan fingerprint density at radius 3 is 2.48 bits per heavy atom. The number of aryl methyl sites for hydroxylation is 2. The summed E-state index contributed by atoms with van der Waals surface area (Å²) in [6.07, 6.45) is 0. The van der Waals surface area contributed by atoms with Crippen LogP contribution in [-0.2, 0) is 0 Å². The SMILES string of the molecule is Cc1cc(C)n(-c2ccc(NCCNC(=O)c3cccc(Oc4ccc(F)cc4)c3)nn2)n1. The van der Waals surface area contributed by atoms with Crippen molar-refractivity contribution in [3.63, 3.8) is 0 Å². The van der Waals surface area contributed by atoms with Crippen LogP contribution in [0.3, 0.4) is 0 Å². The molecular formula is C24H23FN6O2. The molecule has 0 aliphatic heterocycles. The summed E-state index contributed by atoms with van der Waals surface area (Å²) in [6.45, 7) is 4.76. The molecule has 168 valence electrons. The highest BCUT2D eigenvalue weighted by Crippen LogP contribution is 2.22. The van der Waals surface area contributed by atoms with Crippen LogP contribution in [0.5, 0.6) is 11.5 Å². The van der Waals surface area contributed by atoms with Gasteiger partial charge < -0.3 is 15.4 Å². The van der Waals surface area contributed by atoms with Gasteiger partial charge in [-0.15, -0.1) is 10.2 Å². The molecule has 0 atom stereocenters. The number of benzene rings is 2. The number of amides is 1. The minimum absolute atomic E-state index is 0.229. The number of rotatable bonds is 8. The lowest BCUT2D eigenvalue weighted by Gasteiger charge is -2.09. The van der Waals surface area contributed by atoms with E-state index in [4.69, 9.17) is 4.74 Å². The van der Waals surface area contributed by atoms with Gasteiger partial charge in [0.2, 0.25) is 0 Å². The summed E-state index contributed by atoms with van der Waals surface area (Å²) < 4.78 is 20.4. The highest BCUT2D eigenvalue weighted by Gasteiger charge is 2.08. The van der Waals surface area contributed by atoms with Crippen LogP contribution in [0.2, 0.25) is 0 Å². The molecule has 2 heterocycles. The van der Waals surface area contributed by atoms with Crippen molar-refractivity contribution in [1.82, 2.24) is 25.3 Å². The van der Waals surface area contributed by atoms with E-state index < -0.39 is 0 Å². The molecule has 0 bridgehead atoms. The lowest BCUT2D eigenvalue weighted by molar-refractivity contribution is 0.0955. The molecule has 8 nitrogen and oxygen atoms in total. The van der Waals surface area contributed by atoms with Gasteiger partial charge in [-0.25, -0.2) is 9.07 Å². The van der Waals surface area contributed by atoms with Crippen LogP contribution in [0.25, 0.3) is 5.82 Å². The average Bonchev–Trinajstić information content (AvgIpc) is 3.16. The summed E-state index contributed by atoms with van der Waals surface area (Å²) >= 11 is 0. The molecule has 0 saturated heterocycles. The number of carbonyl (C=O) groups is 1. The fourth-order valence-corrected chi connectivity index (χ4v) is 3.20. The van der Waals surface area contributed by atoms with E-state index in [0.717, 1.165) is 11.4 Å². The summed E-state index contributed by atoms with van der Waals surface area (Å²) in [5, 5.41) is 18.7. The van der Waals surface area contributed by atoms with Crippen molar-refractivity contribution in [2.45, 2.75) is 13.8 Å². The number of hydrogen-bond donors (Lipinski definition) is 2. The molecule has 2 N–H and O–H groups in total. The highest BCUT2D eigenvalue weighted by atomic mass is 19.1.